The van der Waals surface area contributed by atoms with E-state index in [9.17, 15) is 0 Å². The van der Waals surface area contributed by atoms with Crippen molar-refractivity contribution in [3.63, 3.8) is 0 Å². The van der Waals surface area contributed by atoms with E-state index >= 15 is 0 Å². The third-order valence-corrected chi connectivity index (χ3v) is 4.20. The van der Waals surface area contributed by atoms with E-state index in [1.165, 1.54) is 22.3 Å². The van der Waals surface area contributed by atoms with Gasteiger partial charge in [-0.2, -0.15) is 0 Å². The molecule has 0 bridgehead atoms. The minimum Gasteiger partial charge on any atom is -0.496 e. The maximum absolute atomic E-state index is 5.49. The first-order chi connectivity index (χ1) is 8.60. The summed E-state index contributed by atoms with van der Waals surface area (Å²) in [5, 5.41) is 6.82. The number of methoxy groups -OCH3 is 1. The van der Waals surface area contributed by atoms with Crippen LogP contribution in [0.2, 0.25) is 0 Å². The van der Waals surface area contributed by atoms with Gasteiger partial charge in [0.25, 0.3) is 0 Å². The van der Waals surface area contributed by atoms with Crippen LogP contribution in [0, 0.1) is 26.7 Å². The van der Waals surface area contributed by atoms with Gasteiger partial charge in [-0.15, -0.1) is 0 Å². The summed E-state index contributed by atoms with van der Waals surface area (Å²) in [6.45, 7) is 8.68. The smallest absolute Gasteiger partial charge is 0.124 e. The lowest BCUT2D eigenvalue weighted by atomic mass is 9.84. The Bertz CT molecular complexity index is 439. The van der Waals surface area contributed by atoms with E-state index in [0.717, 1.165) is 18.8 Å². The first-order valence-electron chi connectivity index (χ1n) is 6.62. The number of rotatable bonds is 4. The Morgan fingerprint density at radius 1 is 1.28 bits per heavy atom. The second-order valence-electron chi connectivity index (χ2n) is 5.25. The van der Waals surface area contributed by atoms with E-state index in [2.05, 4.69) is 44.5 Å². The van der Waals surface area contributed by atoms with Crippen LogP contribution >= 0.6 is 0 Å². The average molecular weight is 248 g/mol. The molecule has 1 atom stereocenters. The molecule has 2 N–H and O–H groups in total. The lowest BCUT2D eigenvalue weighted by Gasteiger charge is -2.36. The molecule has 0 radical (unpaired) electrons. The fourth-order valence-corrected chi connectivity index (χ4v) is 2.92. The quantitative estimate of drug-likeness (QED) is 0.856. The van der Waals surface area contributed by atoms with E-state index in [-0.39, 0.29) is 0 Å². The third-order valence-electron chi connectivity index (χ3n) is 4.20. The minimum absolute atomic E-state index is 0.439. The molecule has 1 aliphatic heterocycles. The number of nitrogens with one attached hydrogen (secondary N) is 2. The largest absolute Gasteiger partial charge is 0.496 e. The number of ether oxygens (including phenoxy) is 1. The molecule has 3 heteroatoms. The van der Waals surface area contributed by atoms with Crippen molar-refractivity contribution in [2.75, 3.05) is 27.2 Å². The molecule has 1 unspecified atom stereocenters. The second-order valence-corrected chi connectivity index (χ2v) is 5.25. The van der Waals surface area contributed by atoms with Gasteiger partial charge in [0.15, 0.2) is 0 Å². The van der Waals surface area contributed by atoms with Gasteiger partial charge in [-0.1, -0.05) is 6.07 Å². The molecular formula is C15H24N2O. The van der Waals surface area contributed by atoms with Gasteiger partial charge in [0.1, 0.15) is 5.75 Å². The maximum Gasteiger partial charge on any atom is 0.124 e. The van der Waals surface area contributed by atoms with Crippen molar-refractivity contribution in [1.82, 2.24) is 10.6 Å². The van der Waals surface area contributed by atoms with Crippen LogP contribution in [0.25, 0.3) is 0 Å². The lowest BCUT2D eigenvalue weighted by Crippen LogP contribution is -2.48. The topological polar surface area (TPSA) is 33.3 Å². The average Bonchev–Trinajstić information content (AvgIpc) is 2.29. The number of benzene rings is 1. The van der Waals surface area contributed by atoms with Gasteiger partial charge in [-0.05, 0) is 50.1 Å². The fraction of sp³-hybridized carbons (Fsp3) is 0.600. The third kappa shape index (κ3) is 2.13. The summed E-state index contributed by atoms with van der Waals surface area (Å²) in [4.78, 5) is 0. The Balaban J connectivity index is 2.43. The molecule has 3 nitrogen and oxygen atoms in total. The zero-order chi connectivity index (χ0) is 13.3. The van der Waals surface area contributed by atoms with Gasteiger partial charge >= 0.3 is 0 Å². The van der Waals surface area contributed by atoms with E-state index in [1.807, 2.05) is 0 Å². The molecule has 1 aromatic carbocycles. The van der Waals surface area contributed by atoms with Crippen LogP contribution in [0.5, 0.6) is 5.75 Å². The summed E-state index contributed by atoms with van der Waals surface area (Å²) in [5.74, 6) is 1.72. The molecule has 1 aromatic rings. The highest BCUT2D eigenvalue weighted by molar-refractivity contribution is 5.50. The molecule has 0 aliphatic carbocycles. The SMILES string of the molecule is CNC(c1cc(C)c(OC)c(C)c1C)C1CNC1. The predicted octanol–water partition coefficient (Wildman–Crippen LogP) is 2.10. The van der Waals surface area contributed by atoms with Crippen LogP contribution < -0.4 is 15.4 Å². The minimum atomic E-state index is 0.439. The van der Waals surface area contributed by atoms with Crippen molar-refractivity contribution < 1.29 is 4.74 Å². The zero-order valence-electron chi connectivity index (χ0n) is 12.1. The summed E-state index contributed by atoms with van der Waals surface area (Å²) in [6, 6.07) is 2.72. The monoisotopic (exact) mass is 248 g/mol. The molecule has 0 amide bonds. The Labute approximate surface area is 110 Å². The number of hydrogen-bond donors (Lipinski definition) is 2. The molecule has 100 valence electrons. The molecule has 0 aromatic heterocycles. The number of hydrogen-bond acceptors (Lipinski definition) is 3. The lowest BCUT2D eigenvalue weighted by molar-refractivity contribution is 0.267. The van der Waals surface area contributed by atoms with Crippen LogP contribution in [0.4, 0.5) is 0 Å². The van der Waals surface area contributed by atoms with Crippen LogP contribution in [0.15, 0.2) is 6.07 Å². The standard InChI is InChI=1S/C15H24N2O/c1-9-6-13(10(2)11(3)15(9)18-5)14(16-4)12-7-17-8-12/h6,12,14,16-17H,7-8H2,1-5H3. The Morgan fingerprint density at radius 2 is 1.94 bits per heavy atom. The Morgan fingerprint density at radius 3 is 2.39 bits per heavy atom. The van der Waals surface area contributed by atoms with Crippen LogP contribution in [0.1, 0.15) is 28.3 Å². The summed E-state index contributed by atoms with van der Waals surface area (Å²) < 4.78 is 5.49. The van der Waals surface area contributed by atoms with Crippen molar-refractivity contribution in [2.45, 2.75) is 26.8 Å². The van der Waals surface area contributed by atoms with Gasteiger partial charge in [0.05, 0.1) is 7.11 Å². The van der Waals surface area contributed by atoms with Crippen molar-refractivity contribution in [3.05, 3.63) is 28.3 Å². The predicted molar refractivity (Wildman–Crippen MR) is 75.4 cm³/mol. The molecule has 0 saturated carbocycles. The summed E-state index contributed by atoms with van der Waals surface area (Å²) in [7, 11) is 3.80. The maximum atomic E-state index is 5.49. The van der Waals surface area contributed by atoms with E-state index < -0.39 is 0 Å². The molecule has 2 rings (SSSR count). The fourth-order valence-electron chi connectivity index (χ4n) is 2.92. The molecule has 1 fully saturated rings. The summed E-state index contributed by atoms with van der Waals surface area (Å²) in [5.41, 5.74) is 5.26. The van der Waals surface area contributed by atoms with Gasteiger partial charge in [0.2, 0.25) is 0 Å². The first kappa shape index (κ1) is 13.4. The first-order valence-corrected chi connectivity index (χ1v) is 6.62. The molecule has 1 heterocycles. The van der Waals surface area contributed by atoms with Crippen molar-refractivity contribution in [3.8, 4) is 5.75 Å². The zero-order valence-corrected chi connectivity index (χ0v) is 12.1. The molecule has 1 saturated heterocycles. The van der Waals surface area contributed by atoms with Gasteiger partial charge in [0, 0.05) is 25.0 Å². The van der Waals surface area contributed by atoms with Crippen molar-refractivity contribution in [1.29, 1.82) is 0 Å². The highest BCUT2D eigenvalue weighted by Crippen LogP contribution is 2.34. The van der Waals surface area contributed by atoms with Crippen LogP contribution in [-0.4, -0.2) is 27.2 Å². The van der Waals surface area contributed by atoms with Gasteiger partial charge in [-0.3, -0.25) is 0 Å². The highest BCUT2D eigenvalue weighted by atomic mass is 16.5. The molecule has 18 heavy (non-hydrogen) atoms. The van der Waals surface area contributed by atoms with Gasteiger partial charge < -0.3 is 15.4 Å². The Hall–Kier alpha value is -1.06. The normalized spacial score (nSPS) is 17.4. The van der Waals surface area contributed by atoms with Crippen molar-refractivity contribution in [2.24, 2.45) is 5.92 Å². The summed E-state index contributed by atoms with van der Waals surface area (Å²) >= 11 is 0. The van der Waals surface area contributed by atoms with Crippen LogP contribution in [-0.2, 0) is 0 Å². The number of aryl methyl sites for hydroxylation is 1. The van der Waals surface area contributed by atoms with Crippen LogP contribution in [0.3, 0.4) is 0 Å². The summed E-state index contributed by atoms with van der Waals surface area (Å²) in [6.07, 6.45) is 0. The second kappa shape index (κ2) is 5.29. The molecular weight excluding hydrogens is 224 g/mol. The van der Waals surface area contributed by atoms with E-state index in [4.69, 9.17) is 4.74 Å². The molecule has 1 aliphatic rings. The molecule has 0 spiro atoms. The Kier molecular flexibility index (Phi) is 3.93. The van der Waals surface area contributed by atoms with E-state index in [1.54, 1.807) is 7.11 Å². The van der Waals surface area contributed by atoms with E-state index in [0.29, 0.717) is 12.0 Å². The van der Waals surface area contributed by atoms with Crippen molar-refractivity contribution >= 4 is 0 Å². The van der Waals surface area contributed by atoms with Gasteiger partial charge in [-0.25, -0.2) is 0 Å². The highest BCUT2D eigenvalue weighted by Gasteiger charge is 2.29.